The van der Waals surface area contributed by atoms with Crippen LogP contribution >= 0.6 is 0 Å². The van der Waals surface area contributed by atoms with E-state index in [1.165, 1.54) is 0 Å². The molecule has 4 nitrogen and oxygen atoms in total. The summed E-state index contributed by atoms with van der Waals surface area (Å²) in [4.78, 5) is 14.2. The van der Waals surface area contributed by atoms with Crippen molar-refractivity contribution in [2.75, 3.05) is 37.8 Å². The van der Waals surface area contributed by atoms with Crippen molar-refractivity contribution in [1.82, 2.24) is 0 Å². The molecule has 0 N–H and O–H groups in total. The van der Waals surface area contributed by atoms with E-state index in [2.05, 4.69) is 24.8 Å². The largest absolute Gasteiger partial charge is 0.486 e. The van der Waals surface area contributed by atoms with Gasteiger partial charge in [-0.25, -0.2) is 0 Å². The topological polar surface area (TPSA) is 38.8 Å². The average Bonchev–Trinajstić information content (AvgIpc) is 3.01. The van der Waals surface area contributed by atoms with Gasteiger partial charge in [0.2, 0.25) is 0 Å². The van der Waals surface area contributed by atoms with Crippen molar-refractivity contribution in [3.8, 4) is 5.75 Å². The van der Waals surface area contributed by atoms with Gasteiger partial charge in [-0.2, -0.15) is 0 Å². The second-order valence-electron chi connectivity index (χ2n) is 4.99. The molecule has 1 saturated heterocycles. The predicted octanol–water partition coefficient (Wildman–Crippen LogP) is 2.52. The van der Waals surface area contributed by atoms with Crippen molar-refractivity contribution >= 4 is 11.5 Å². The number of carbonyl (C=O) groups is 1. The van der Waals surface area contributed by atoms with Gasteiger partial charge in [-0.3, -0.25) is 4.79 Å². The minimum Gasteiger partial charge on any atom is -0.486 e. The quantitative estimate of drug-likeness (QED) is 0.767. The molecular weight excluding hydrogens is 254 g/mol. The van der Waals surface area contributed by atoms with Crippen LogP contribution in [0.4, 0.5) is 5.69 Å². The van der Waals surface area contributed by atoms with E-state index in [0.717, 1.165) is 30.9 Å². The van der Waals surface area contributed by atoms with Gasteiger partial charge in [0.15, 0.2) is 5.78 Å². The van der Waals surface area contributed by atoms with Crippen molar-refractivity contribution in [1.29, 1.82) is 0 Å². The Hall–Kier alpha value is -1.55. The lowest BCUT2D eigenvalue weighted by atomic mass is 10.0. The van der Waals surface area contributed by atoms with Gasteiger partial charge in [0.25, 0.3) is 0 Å². The highest BCUT2D eigenvalue weighted by Crippen LogP contribution is 2.21. The maximum absolute atomic E-state index is 11.9. The molecule has 1 fully saturated rings. The zero-order chi connectivity index (χ0) is 14.4. The van der Waals surface area contributed by atoms with Gasteiger partial charge in [0, 0.05) is 37.4 Å². The lowest BCUT2D eigenvalue weighted by Crippen LogP contribution is -2.23. The molecule has 0 spiro atoms. The molecule has 1 aliphatic rings. The van der Waals surface area contributed by atoms with Crippen LogP contribution in [-0.4, -0.2) is 38.7 Å². The first-order chi connectivity index (χ1) is 9.74. The number of rotatable bonds is 7. The Morgan fingerprint density at radius 1 is 1.40 bits per heavy atom. The maximum atomic E-state index is 11.9. The van der Waals surface area contributed by atoms with Gasteiger partial charge in [-0.05, 0) is 32.4 Å². The minimum absolute atomic E-state index is 0.0148. The molecule has 0 bridgehead atoms. The van der Waals surface area contributed by atoms with Gasteiger partial charge in [0.1, 0.15) is 12.4 Å². The standard InChI is InChI=1S/C16H23NO3/c1-3-17(4-2)14-6-5-7-15(10-14)20-12-16(18)13-8-9-19-11-13/h5-7,10,13H,3-4,8-9,11-12H2,1-2H3. The number of ether oxygens (including phenoxy) is 2. The Morgan fingerprint density at radius 2 is 2.20 bits per heavy atom. The van der Waals surface area contributed by atoms with Crippen molar-refractivity contribution in [2.45, 2.75) is 20.3 Å². The molecule has 1 unspecified atom stereocenters. The highest BCUT2D eigenvalue weighted by molar-refractivity contribution is 5.82. The Bertz CT molecular complexity index is 437. The third kappa shape index (κ3) is 3.73. The number of anilines is 1. The third-order valence-corrected chi connectivity index (χ3v) is 3.71. The van der Waals surface area contributed by atoms with Gasteiger partial charge in [0.05, 0.1) is 6.61 Å². The summed E-state index contributed by atoms with van der Waals surface area (Å²) >= 11 is 0. The maximum Gasteiger partial charge on any atom is 0.175 e. The highest BCUT2D eigenvalue weighted by atomic mass is 16.5. The number of ketones is 1. The molecule has 1 atom stereocenters. The molecule has 1 aliphatic heterocycles. The molecule has 0 saturated carbocycles. The van der Waals surface area contributed by atoms with E-state index in [1.807, 2.05) is 18.2 Å². The summed E-state index contributed by atoms with van der Waals surface area (Å²) in [6, 6.07) is 7.91. The van der Waals surface area contributed by atoms with E-state index in [0.29, 0.717) is 13.2 Å². The molecule has 0 aromatic heterocycles. The molecule has 2 rings (SSSR count). The van der Waals surface area contributed by atoms with Crippen LogP contribution in [0.25, 0.3) is 0 Å². The van der Waals surface area contributed by atoms with Crippen LogP contribution in [0.3, 0.4) is 0 Å². The molecule has 20 heavy (non-hydrogen) atoms. The van der Waals surface area contributed by atoms with Crippen LogP contribution in [0.15, 0.2) is 24.3 Å². The van der Waals surface area contributed by atoms with Crippen LogP contribution in [-0.2, 0) is 9.53 Å². The number of carbonyl (C=O) groups excluding carboxylic acids is 1. The predicted molar refractivity (Wildman–Crippen MR) is 79.4 cm³/mol. The van der Waals surface area contributed by atoms with Gasteiger partial charge >= 0.3 is 0 Å². The SMILES string of the molecule is CCN(CC)c1cccc(OCC(=O)C2CCOC2)c1. The Balaban J connectivity index is 1.92. The van der Waals surface area contributed by atoms with E-state index in [1.54, 1.807) is 0 Å². The summed E-state index contributed by atoms with van der Waals surface area (Å²) in [5.74, 6) is 0.901. The second kappa shape index (κ2) is 7.29. The second-order valence-corrected chi connectivity index (χ2v) is 4.99. The monoisotopic (exact) mass is 277 g/mol. The average molecular weight is 277 g/mol. The number of Topliss-reactive ketones (excluding diaryl/α,β-unsaturated/α-hetero) is 1. The normalized spacial score (nSPS) is 18.0. The molecule has 110 valence electrons. The van der Waals surface area contributed by atoms with Crippen molar-refractivity contribution in [2.24, 2.45) is 5.92 Å². The molecule has 4 heteroatoms. The fraction of sp³-hybridized carbons (Fsp3) is 0.562. The fourth-order valence-corrected chi connectivity index (χ4v) is 2.42. The van der Waals surface area contributed by atoms with E-state index in [9.17, 15) is 4.79 Å². The Morgan fingerprint density at radius 3 is 2.85 bits per heavy atom. The van der Waals surface area contributed by atoms with Crippen LogP contribution in [0.1, 0.15) is 20.3 Å². The van der Waals surface area contributed by atoms with E-state index in [4.69, 9.17) is 9.47 Å². The lowest BCUT2D eigenvalue weighted by Gasteiger charge is -2.21. The first-order valence-electron chi connectivity index (χ1n) is 7.32. The van der Waals surface area contributed by atoms with Gasteiger partial charge < -0.3 is 14.4 Å². The zero-order valence-electron chi connectivity index (χ0n) is 12.3. The highest BCUT2D eigenvalue weighted by Gasteiger charge is 2.23. The summed E-state index contributed by atoms with van der Waals surface area (Å²) in [5, 5.41) is 0. The number of benzene rings is 1. The van der Waals surface area contributed by atoms with Gasteiger partial charge in [-0.15, -0.1) is 0 Å². The summed E-state index contributed by atoms with van der Waals surface area (Å²) in [6.07, 6.45) is 0.821. The van der Waals surface area contributed by atoms with E-state index in [-0.39, 0.29) is 18.3 Å². The molecule has 1 aromatic carbocycles. The van der Waals surface area contributed by atoms with Crippen LogP contribution in [0.5, 0.6) is 5.75 Å². The summed E-state index contributed by atoms with van der Waals surface area (Å²) in [6.45, 7) is 7.53. The summed E-state index contributed by atoms with van der Waals surface area (Å²) in [5.41, 5.74) is 1.13. The van der Waals surface area contributed by atoms with Crippen molar-refractivity contribution in [3.05, 3.63) is 24.3 Å². The molecule has 0 radical (unpaired) electrons. The summed E-state index contributed by atoms with van der Waals surface area (Å²) in [7, 11) is 0. The number of nitrogens with zero attached hydrogens (tertiary/aromatic N) is 1. The molecule has 1 heterocycles. The van der Waals surface area contributed by atoms with Crippen LogP contribution < -0.4 is 9.64 Å². The fourth-order valence-electron chi connectivity index (χ4n) is 2.42. The summed E-state index contributed by atoms with van der Waals surface area (Å²) < 4.78 is 10.9. The molecule has 1 aromatic rings. The van der Waals surface area contributed by atoms with E-state index < -0.39 is 0 Å². The Kier molecular flexibility index (Phi) is 5.41. The van der Waals surface area contributed by atoms with E-state index >= 15 is 0 Å². The number of hydrogen-bond donors (Lipinski definition) is 0. The minimum atomic E-state index is 0.0148. The van der Waals surface area contributed by atoms with Crippen LogP contribution in [0, 0.1) is 5.92 Å². The zero-order valence-corrected chi connectivity index (χ0v) is 12.3. The Labute approximate surface area is 120 Å². The smallest absolute Gasteiger partial charge is 0.175 e. The van der Waals surface area contributed by atoms with Crippen LogP contribution in [0.2, 0.25) is 0 Å². The molecule has 0 aliphatic carbocycles. The lowest BCUT2D eigenvalue weighted by molar-refractivity contribution is -0.124. The first kappa shape index (κ1) is 14.9. The number of hydrogen-bond acceptors (Lipinski definition) is 4. The third-order valence-electron chi connectivity index (χ3n) is 3.71. The van der Waals surface area contributed by atoms with Gasteiger partial charge in [-0.1, -0.05) is 6.07 Å². The van der Waals surface area contributed by atoms with Crippen molar-refractivity contribution in [3.63, 3.8) is 0 Å². The first-order valence-corrected chi connectivity index (χ1v) is 7.32. The molecule has 0 amide bonds. The molecular formula is C16H23NO3. The van der Waals surface area contributed by atoms with Crippen molar-refractivity contribution < 1.29 is 14.3 Å².